The third-order valence-corrected chi connectivity index (χ3v) is 2.93. The van der Waals surface area contributed by atoms with Crippen LogP contribution in [0.25, 0.3) is 0 Å². The molecule has 0 aliphatic carbocycles. The normalized spacial score (nSPS) is 19.0. The summed E-state index contributed by atoms with van der Waals surface area (Å²) in [7, 11) is 0. The van der Waals surface area contributed by atoms with E-state index in [4.69, 9.17) is 5.11 Å². The lowest BCUT2D eigenvalue weighted by atomic mass is 10.1. The third kappa shape index (κ3) is 2.04. The van der Waals surface area contributed by atoms with E-state index in [9.17, 15) is 14.9 Å². The second-order valence-corrected chi connectivity index (χ2v) is 4.18. The lowest BCUT2D eigenvalue weighted by molar-refractivity contribution is -0.384. The number of anilines is 1. The number of benzene rings is 1. The van der Waals surface area contributed by atoms with Crippen molar-refractivity contribution in [1.29, 1.82) is 0 Å². The molecule has 0 unspecified atom stereocenters. The van der Waals surface area contributed by atoms with E-state index in [0.717, 1.165) is 5.57 Å². The molecule has 0 radical (unpaired) electrons. The van der Waals surface area contributed by atoms with Crippen LogP contribution >= 0.6 is 0 Å². The van der Waals surface area contributed by atoms with Gasteiger partial charge in [0, 0.05) is 19.0 Å². The lowest BCUT2D eigenvalue weighted by Gasteiger charge is -2.22. The van der Waals surface area contributed by atoms with Gasteiger partial charge in [0.05, 0.1) is 4.92 Å². The summed E-state index contributed by atoms with van der Waals surface area (Å²) in [6.45, 7) is 4.10. The number of nitro groups is 1. The second kappa shape index (κ2) is 4.48. The molecule has 6 nitrogen and oxygen atoms in total. The Hall–Kier alpha value is -2.37. The number of carbonyl (C=O) groups is 1. The SMILES string of the molecule is C=C1C[C@@H](C(=O)O)N(c2ccccc2[N+](=O)[O-])C1. The fourth-order valence-electron chi connectivity index (χ4n) is 2.13. The fraction of sp³-hybridized carbons (Fsp3) is 0.250. The highest BCUT2D eigenvalue weighted by molar-refractivity contribution is 5.82. The van der Waals surface area contributed by atoms with Gasteiger partial charge in [0.2, 0.25) is 0 Å². The van der Waals surface area contributed by atoms with Gasteiger partial charge in [-0.05, 0) is 6.07 Å². The lowest BCUT2D eigenvalue weighted by Crippen LogP contribution is -2.36. The van der Waals surface area contributed by atoms with Crippen molar-refractivity contribution in [3.63, 3.8) is 0 Å². The van der Waals surface area contributed by atoms with Crippen LogP contribution in [0.3, 0.4) is 0 Å². The zero-order chi connectivity index (χ0) is 13.3. The predicted octanol–water partition coefficient (Wildman–Crippen LogP) is 1.81. The molecule has 1 saturated heterocycles. The van der Waals surface area contributed by atoms with Gasteiger partial charge in [-0.1, -0.05) is 24.3 Å². The molecule has 94 valence electrons. The van der Waals surface area contributed by atoms with E-state index in [1.807, 2.05) is 0 Å². The molecular weight excluding hydrogens is 236 g/mol. The van der Waals surface area contributed by atoms with Gasteiger partial charge in [-0.25, -0.2) is 4.79 Å². The van der Waals surface area contributed by atoms with E-state index in [2.05, 4.69) is 6.58 Å². The van der Waals surface area contributed by atoms with Gasteiger partial charge in [-0.15, -0.1) is 0 Å². The van der Waals surface area contributed by atoms with Crippen LogP contribution in [-0.2, 0) is 4.79 Å². The Morgan fingerprint density at radius 2 is 2.17 bits per heavy atom. The van der Waals surface area contributed by atoms with E-state index in [-0.39, 0.29) is 5.69 Å². The van der Waals surface area contributed by atoms with Crippen LogP contribution in [0.4, 0.5) is 11.4 Å². The van der Waals surface area contributed by atoms with E-state index in [1.54, 1.807) is 18.2 Å². The molecule has 0 saturated carbocycles. The zero-order valence-corrected chi connectivity index (χ0v) is 9.57. The first-order chi connectivity index (χ1) is 8.50. The van der Waals surface area contributed by atoms with Crippen LogP contribution in [0.2, 0.25) is 0 Å². The zero-order valence-electron chi connectivity index (χ0n) is 9.57. The molecule has 1 aromatic rings. The molecule has 0 amide bonds. The van der Waals surface area contributed by atoms with Crippen LogP contribution in [0, 0.1) is 10.1 Å². The molecule has 1 aromatic carbocycles. The molecule has 1 heterocycles. The summed E-state index contributed by atoms with van der Waals surface area (Å²) in [6.07, 6.45) is 0.321. The molecule has 1 fully saturated rings. The maximum absolute atomic E-state index is 11.2. The number of aliphatic carboxylic acids is 1. The van der Waals surface area contributed by atoms with Gasteiger partial charge in [0.15, 0.2) is 0 Å². The van der Waals surface area contributed by atoms with Crippen LogP contribution in [0.15, 0.2) is 36.4 Å². The minimum absolute atomic E-state index is 0.0848. The molecule has 1 N–H and O–H groups in total. The Labute approximate surface area is 103 Å². The van der Waals surface area contributed by atoms with Gasteiger partial charge in [0.25, 0.3) is 5.69 Å². The van der Waals surface area contributed by atoms with E-state index in [1.165, 1.54) is 11.0 Å². The van der Waals surface area contributed by atoms with Gasteiger partial charge in [0.1, 0.15) is 11.7 Å². The van der Waals surface area contributed by atoms with E-state index >= 15 is 0 Å². The molecule has 6 heteroatoms. The largest absolute Gasteiger partial charge is 0.480 e. The monoisotopic (exact) mass is 248 g/mol. The van der Waals surface area contributed by atoms with Crippen molar-refractivity contribution in [3.8, 4) is 0 Å². The summed E-state index contributed by atoms with van der Waals surface area (Å²) in [4.78, 5) is 23.1. The number of rotatable bonds is 3. The molecule has 0 bridgehead atoms. The molecule has 1 aliphatic rings. The topological polar surface area (TPSA) is 83.7 Å². The predicted molar refractivity (Wildman–Crippen MR) is 65.6 cm³/mol. The fourth-order valence-corrected chi connectivity index (χ4v) is 2.13. The van der Waals surface area contributed by atoms with E-state index in [0.29, 0.717) is 18.7 Å². The first kappa shape index (κ1) is 12.1. The van der Waals surface area contributed by atoms with Crippen molar-refractivity contribution in [3.05, 3.63) is 46.5 Å². The summed E-state index contributed by atoms with van der Waals surface area (Å²) < 4.78 is 0. The van der Waals surface area contributed by atoms with Gasteiger partial charge in [-0.3, -0.25) is 10.1 Å². The van der Waals surface area contributed by atoms with Gasteiger partial charge in [-0.2, -0.15) is 0 Å². The number of hydrogen-bond donors (Lipinski definition) is 1. The summed E-state index contributed by atoms with van der Waals surface area (Å²) in [5, 5.41) is 20.1. The molecule has 1 aliphatic heterocycles. The number of hydrogen-bond acceptors (Lipinski definition) is 4. The molecular formula is C12H12N2O4. The van der Waals surface area contributed by atoms with Gasteiger partial charge >= 0.3 is 5.97 Å². The van der Waals surface area contributed by atoms with Crippen molar-refractivity contribution in [2.75, 3.05) is 11.4 Å². The Morgan fingerprint density at radius 1 is 1.50 bits per heavy atom. The average molecular weight is 248 g/mol. The smallest absolute Gasteiger partial charge is 0.326 e. The Morgan fingerprint density at radius 3 is 2.78 bits per heavy atom. The number of carboxylic acids is 1. The Kier molecular flexibility index (Phi) is 3.01. The average Bonchev–Trinajstić information content (AvgIpc) is 2.71. The maximum atomic E-state index is 11.2. The highest BCUT2D eigenvalue weighted by Gasteiger charge is 2.35. The summed E-state index contributed by atoms with van der Waals surface area (Å²) in [6, 6.07) is 5.37. The number of para-hydroxylation sites is 2. The first-order valence-corrected chi connectivity index (χ1v) is 5.40. The number of nitro benzene ring substituents is 1. The molecule has 18 heavy (non-hydrogen) atoms. The van der Waals surface area contributed by atoms with E-state index < -0.39 is 16.9 Å². The summed E-state index contributed by atoms with van der Waals surface area (Å²) >= 11 is 0. The standard InChI is InChI=1S/C12H12N2O4/c1-8-6-11(12(15)16)13(7-8)9-4-2-3-5-10(9)14(17)18/h2-5,11H,1,6-7H2,(H,15,16)/t11-/m0/s1. The Balaban J connectivity index is 2.44. The van der Waals surface area contributed by atoms with Crippen molar-refractivity contribution in [2.24, 2.45) is 0 Å². The van der Waals surface area contributed by atoms with Gasteiger partial charge < -0.3 is 10.0 Å². The van der Waals surface area contributed by atoms with Crippen LogP contribution < -0.4 is 4.90 Å². The second-order valence-electron chi connectivity index (χ2n) is 4.18. The molecule has 0 aromatic heterocycles. The third-order valence-electron chi connectivity index (χ3n) is 2.93. The Bertz CT molecular complexity index is 527. The van der Waals surface area contributed by atoms with Crippen LogP contribution in [0.1, 0.15) is 6.42 Å². The van der Waals surface area contributed by atoms with Crippen molar-refractivity contribution in [1.82, 2.24) is 0 Å². The van der Waals surface area contributed by atoms with Crippen molar-refractivity contribution >= 4 is 17.3 Å². The first-order valence-electron chi connectivity index (χ1n) is 5.40. The minimum atomic E-state index is -0.994. The summed E-state index contributed by atoms with van der Waals surface area (Å²) in [5.41, 5.74) is 1.01. The maximum Gasteiger partial charge on any atom is 0.326 e. The number of carboxylic acid groups (broad SMARTS) is 1. The van der Waals surface area contributed by atoms with Crippen molar-refractivity contribution in [2.45, 2.75) is 12.5 Å². The van der Waals surface area contributed by atoms with Crippen LogP contribution in [-0.4, -0.2) is 28.6 Å². The number of nitrogens with zero attached hydrogens (tertiary/aromatic N) is 2. The quantitative estimate of drug-likeness (QED) is 0.501. The van der Waals surface area contributed by atoms with Crippen LogP contribution in [0.5, 0.6) is 0 Å². The minimum Gasteiger partial charge on any atom is -0.480 e. The van der Waals surface area contributed by atoms with Crippen molar-refractivity contribution < 1.29 is 14.8 Å². The highest BCUT2D eigenvalue weighted by atomic mass is 16.6. The molecule has 1 atom stereocenters. The molecule has 0 spiro atoms. The molecule has 2 rings (SSSR count). The highest BCUT2D eigenvalue weighted by Crippen LogP contribution is 2.34. The summed E-state index contributed by atoms with van der Waals surface area (Å²) in [5.74, 6) is -0.994.